The molecule has 5 N–H and O–H groups in total. The number of carbonyl (C=O) groups excluding carboxylic acids is 2. The molecule has 1 aromatic rings. The maximum Gasteiger partial charge on any atom is 0.324 e. The van der Waals surface area contributed by atoms with Gasteiger partial charge in [-0.15, -0.1) is 11.3 Å². The number of nitrogen functional groups attached to an aromatic ring is 2. The molecule has 1 aliphatic heterocycles. The molecule has 178 valence electrons. The average Bonchev–Trinajstić information content (AvgIpc) is 3.53. The van der Waals surface area contributed by atoms with Gasteiger partial charge in [-0.1, -0.05) is 0 Å². The molecule has 2 heterocycles. The first-order chi connectivity index (χ1) is 15.2. The molecule has 1 aromatic heterocycles. The largest absolute Gasteiger partial charge is 0.396 e. The quantitative estimate of drug-likeness (QED) is 0.534. The summed E-state index contributed by atoms with van der Waals surface area (Å²) in [5.41, 5.74) is 14.2. The van der Waals surface area contributed by atoms with Crippen molar-refractivity contribution in [2.75, 3.05) is 58.8 Å². The molecule has 1 saturated carbocycles. The van der Waals surface area contributed by atoms with E-state index < -0.39 is 0 Å². The molecule has 3 amide bonds. The lowest BCUT2D eigenvalue weighted by molar-refractivity contribution is -0.136. The molecular formula is C23H38N6O2S. The Morgan fingerprint density at radius 1 is 1.22 bits per heavy atom. The number of likely N-dealkylation sites (N-methyl/N-ethyl adjacent to an activating group) is 1. The van der Waals surface area contributed by atoms with Crippen molar-refractivity contribution in [2.45, 2.75) is 44.6 Å². The Balaban J connectivity index is 1.42. The molecule has 0 spiro atoms. The zero-order chi connectivity index (χ0) is 23.0. The fraction of sp³-hybridized carbons (Fsp3) is 0.739. The van der Waals surface area contributed by atoms with Gasteiger partial charge in [0.15, 0.2) is 0 Å². The topological polar surface area (TPSA) is 108 Å². The van der Waals surface area contributed by atoms with Crippen molar-refractivity contribution in [3.05, 3.63) is 10.4 Å². The van der Waals surface area contributed by atoms with E-state index in [1.165, 1.54) is 15.3 Å². The van der Waals surface area contributed by atoms with Crippen LogP contribution in [0.1, 0.15) is 36.1 Å². The molecule has 0 aromatic carbocycles. The van der Waals surface area contributed by atoms with E-state index in [1.54, 1.807) is 11.3 Å². The molecule has 1 saturated heterocycles. The lowest BCUT2D eigenvalue weighted by Crippen LogP contribution is -2.55. The summed E-state index contributed by atoms with van der Waals surface area (Å²) in [6, 6.07) is 0.173. The normalized spacial score (nSPS) is 25.3. The summed E-state index contributed by atoms with van der Waals surface area (Å²) in [4.78, 5) is 33.7. The van der Waals surface area contributed by atoms with Crippen molar-refractivity contribution >= 4 is 34.0 Å². The van der Waals surface area contributed by atoms with Crippen LogP contribution in [0.2, 0.25) is 0 Å². The van der Waals surface area contributed by atoms with Gasteiger partial charge in [-0.05, 0) is 83.6 Å². The number of amides is 3. The number of nitrogens with zero attached hydrogens (tertiary/aromatic N) is 3. The number of hydrogen-bond acceptors (Lipinski definition) is 7. The van der Waals surface area contributed by atoms with E-state index >= 15 is 0 Å². The number of nitrogens with one attached hydrogen (secondary N) is 1. The van der Waals surface area contributed by atoms with Crippen LogP contribution >= 0.6 is 11.3 Å². The first-order valence-corrected chi connectivity index (χ1v) is 12.7. The van der Waals surface area contributed by atoms with Crippen LogP contribution in [-0.4, -0.2) is 80.0 Å². The Kier molecular flexibility index (Phi) is 6.97. The predicted octanol–water partition coefficient (Wildman–Crippen LogP) is 1.85. The van der Waals surface area contributed by atoms with Crippen LogP contribution in [0.5, 0.6) is 0 Å². The zero-order valence-corrected chi connectivity index (χ0v) is 20.4. The van der Waals surface area contributed by atoms with Gasteiger partial charge in [0.25, 0.3) is 0 Å². The van der Waals surface area contributed by atoms with Crippen LogP contribution in [0.4, 0.5) is 15.5 Å². The Hall–Kier alpha value is -1.84. The standard InChI is InChI=1S/C23H38N6O2S/c1-27(2)8-4-7-26-23(31)29(12-14-5-6-14)22(30)16-9-15-10-17-19(32-21(25)20(17)24)11-18(15)28(3)13-16/h14-16,18H,4-13,24-25H2,1-3H3,(H,26,31)/t15-,16-,18-/m1/s1. The second-order valence-corrected chi connectivity index (χ2v) is 11.3. The Labute approximate surface area is 195 Å². The van der Waals surface area contributed by atoms with Crippen LogP contribution in [0.3, 0.4) is 0 Å². The smallest absolute Gasteiger partial charge is 0.324 e. The second-order valence-electron chi connectivity index (χ2n) is 10.2. The van der Waals surface area contributed by atoms with Crippen molar-refractivity contribution in [2.24, 2.45) is 17.8 Å². The maximum absolute atomic E-state index is 13.6. The van der Waals surface area contributed by atoms with Gasteiger partial charge in [-0.25, -0.2) is 4.79 Å². The number of carbonyl (C=O) groups is 2. The minimum Gasteiger partial charge on any atom is -0.396 e. The number of urea groups is 1. The van der Waals surface area contributed by atoms with Gasteiger partial charge < -0.3 is 26.6 Å². The van der Waals surface area contributed by atoms with Gasteiger partial charge >= 0.3 is 6.03 Å². The number of hydrogen-bond donors (Lipinski definition) is 3. The molecule has 0 radical (unpaired) electrons. The van der Waals surface area contributed by atoms with E-state index in [1.807, 2.05) is 14.1 Å². The number of piperidine rings is 1. The van der Waals surface area contributed by atoms with Gasteiger partial charge in [-0.3, -0.25) is 9.69 Å². The summed E-state index contributed by atoms with van der Waals surface area (Å²) in [5.74, 6) is 0.644. The summed E-state index contributed by atoms with van der Waals surface area (Å²) in [6.45, 7) is 2.74. The SMILES string of the molecule is CN(C)CCCNC(=O)N(CC1CC1)C(=O)[C@@H]1C[C@@H]2Cc3c(sc(N)c3N)C[C@H]2N(C)C1. The van der Waals surface area contributed by atoms with Crippen molar-refractivity contribution in [1.82, 2.24) is 20.0 Å². The van der Waals surface area contributed by atoms with Gasteiger partial charge in [-0.2, -0.15) is 0 Å². The van der Waals surface area contributed by atoms with Crippen LogP contribution in [0, 0.1) is 17.8 Å². The number of thiophene rings is 1. The molecule has 2 aliphatic carbocycles. The van der Waals surface area contributed by atoms with Gasteiger partial charge in [0, 0.05) is 30.6 Å². The predicted molar refractivity (Wildman–Crippen MR) is 130 cm³/mol. The van der Waals surface area contributed by atoms with Gasteiger partial charge in [0.1, 0.15) is 5.00 Å². The molecule has 32 heavy (non-hydrogen) atoms. The molecule has 3 atom stereocenters. The fourth-order valence-electron chi connectivity index (χ4n) is 5.29. The Morgan fingerprint density at radius 3 is 2.66 bits per heavy atom. The molecule has 3 aliphatic rings. The third kappa shape index (κ3) is 5.05. The molecule has 2 fully saturated rings. The molecular weight excluding hydrogens is 424 g/mol. The highest BCUT2D eigenvalue weighted by Gasteiger charge is 2.43. The number of rotatable bonds is 7. The van der Waals surface area contributed by atoms with E-state index in [2.05, 4.69) is 22.2 Å². The molecule has 4 rings (SSSR count). The highest BCUT2D eigenvalue weighted by molar-refractivity contribution is 7.16. The summed E-state index contributed by atoms with van der Waals surface area (Å²) < 4.78 is 0. The number of anilines is 2. The third-order valence-electron chi connectivity index (χ3n) is 7.28. The van der Waals surface area contributed by atoms with E-state index in [4.69, 9.17) is 11.5 Å². The van der Waals surface area contributed by atoms with Gasteiger partial charge in [0.05, 0.1) is 11.6 Å². The van der Waals surface area contributed by atoms with E-state index in [0.29, 0.717) is 42.5 Å². The third-order valence-corrected chi connectivity index (χ3v) is 8.38. The molecule has 0 unspecified atom stereocenters. The van der Waals surface area contributed by atoms with Crippen molar-refractivity contribution in [1.29, 1.82) is 0 Å². The highest BCUT2D eigenvalue weighted by atomic mass is 32.1. The molecule has 8 nitrogen and oxygen atoms in total. The summed E-state index contributed by atoms with van der Waals surface area (Å²) in [6.07, 6.45) is 5.70. The number of imide groups is 1. The Morgan fingerprint density at radius 2 is 1.97 bits per heavy atom. The lowest BCUT2D eigenvalue weighted by atomic mass is 9.74. The zero-order valence-electron chi connectivity index (χ0n) is 19.6. The number of likely N-dealkylation sites (tertiary alicyclic amines) is 1. The minimum absolute atomic E-state index is 0.0177. The highest BCUT2D eigenvalue weighted by Crippen LogP contribution is 2.44. The monoisotopic (exact) mass is 462 g/mol. The molecule has 0 bridgehead atoms. The summed E-state index contributed by atoms with van der Waals surface area (Å²) >= 11 is 1.61. The van der Waals surface area contributed by atoms with E-state index in [-0.39, 0.29) is 17.9 Å². The minimum atomic E-state index is -0.230. The summed E-state index contributed by atoms with van der Waals surface area (Å²) in [7, 11) is 6.14. The van der Waals surface area contributed by atoms with Crippen LogP contribution < -0.4 is 16.8 Å². The van der Waals surface area contributed by atoms with Crippen LogP contribution in [0.25, 0.3) is 0 Å². The van der Waals surface area contributed by atoms with Crippen LogP contribution in [0.15, 0.2) is 0 Å². The molecule has 9 heteroatoms. The number of fused-ring (bicyclic) bond motifs is 2. The first-order valence-electron chi connectivity index (χ1n) is 11.8. The van der Waals surface area contributed by atoms with Gasteiger partial charge in [0.2, 0.25) is 5.91 Å². The van der Waals surface area contributed by atoms with Crippen molar-refractivity contribution in [3.8, 4) is 0 Å². The maximum atomic E-state index is 13.6. The van der Waals surface area contributed by atoms with E-state index in [0.717, 1.165) is 50.8 Å². The van der Waals surface area contributed by atoms with Crippen molar-refractivity contribution in [3.63, 3.8) is 0 Å². The van der Waals surface area contributed by atoms with E-state index in [9.17, 15) is 9.59 Å². The first kappa shape index (κ1) is 23.3. The van der Waals surface area contributed by atoms with Crippen molar-refractivity contribution < 1.29 is 9.59 Å². The number of nitrogens with two attached hydrogens (primary N) is 2. The second kappa shape index (κ2) is 9.57. The fourth-order valence-corrected chi connectivity index (χ4v) is 6.36. The summed E-state index contributed by atoms with van der Waals surface area (Å²) in [5, 5.41) is 3.69. The average molecular weight is 463 g/mol. The Bertz CT molecular complexity index is 852. The van der Waals surface area contributed by atoms with Crippen LogP contribution in [-0.2, 0) is 17.6 Å². The lowest BCUT2D eigenvalue weighted by Gasteiger charge is -2.45.